The van der Waals surface area contributed by atoms with Gasteiger partial charge in [0.1, 0.15) is 5.75 Å². The van der Waals surface area contributed by atoms with Crippen LogP contribution in [0.4, 0.5) is 13.2 Å². The fourth-order valence-corrected chi connectivity index (χ4v) is 4.08. The topological polar surface area (TPSA) is 75.7 Å². The Hall–Kier alpha value is -1.02. The fraction of sp³-hybridized carbons (Fsp3) is 0.750. The largest absolute Gasteiger partial charge is 0.493 e. The summed E-state index contributed by atoms with van der Waals surface area (Å²) < 4.78 is 46.3. The number of rotatable bonds is 15. The summed E-state index contributed by atoms with van der Waals surface area (Å²) in [6.45, 7) is 5.81. The Morgan fingerprint density at radius 3 is 2.12 bits per heavy atom. The number of aliphatic hydroxyl groups is 2. The Bertz CT molecular complexity index is 654. The first-order chi connectivity index (χ1) is 14.6. The van der Waals surface area contributed by atoms with Crippen molar-refractivity contribution in [3.63, 3.8) is 0 Å². The number of halogens is 4. The fourth-order valence-electron chi connectivity index (χ4n) is 4.08. The van der Waals surface area contributed by atoms with Crippen molar-refractivity contribution in [2.45, 2.75) is 102 Å². The van der Waals surface area contributed by atoms with Crippen molar-refractivity contribution in [2.75, 3.05) is 13.2 Å². The molecule has 1 aromatic rings. The van der Waals surface area contributed by atoms with Crippen LogP contribution in [0, 0.1) is 0 Å². The third-order valence-corrected chi connectivity index (χ3v) is 6.37. The number of nitrogens with two attached hydrogens (primary N) is 1. The van der Waals surface area contributed by atoms with Gasteiger partial charge < -0.3 is 20.7 Å². The van der Waals surface area contributed by atoms with Crippen molar-refractivity contribution in [3.8, 4) is 5.75 Å². The van der Waals surface area contributed by atoms with Crippen molar-refractivity contribution in [1.29, 1.82) is 0 Å². The first kappa shape index (κ1) is 31.0. The van der Waals surface area contributed by atoms with E-state index in [2.05, 4.69) is 6.92 Å². The number of aliphatic hydroxyl groups excluding tert-OH is 1. The predicted molar refractivity (Wildman–Crippen MR) is 125 cm³/mol. The van der Waals surface area contributed by atoms with E-state index in [1.807, 2.05) is 13.8 Å². The summed E-state index contributed by atoms with van der Waals surface area (Å²) in [5.74, 6) is -0.153. The molecule has 1 rings (SSSR count). The number of ether oxygens (including phenoxy) is 1. The molecule has 0 saturated carbocycles. The molecule has 0 bridgehead atoms. The third kappa shape index (κ3) is 8.73. The van der Waals surface area contributed by atoms with Crippen LogP contribution in [-0.2, 0) is 12.6 Å². The molecule has 188 valence electrons. The standard InChI is InChI=1S/C24H40F3NO3.ClH/c1-4-7-8-9-10-17-31-21-12-11-19(18-20(21)24(25,26)27)13-14-22(28,15-16-29)23(30,5-2)6-3;/h11-12,18,29-30H,4-10,13-17,28H2,1-3H3;1H. The number of hydrogen-bond donors (Lipinski definition) is 3. The van der Waals surface area contributed by atoms with E-state index in [1.54, 1.807) is 6.07 Å². The van der Waals surface area contributed by atoms with E-state index in [9.17, 15) is 23.4 Å². The minimum absolute atomic E-state index is 0. The second kappa shape index (κ2) is 14.3. The van der Waals surface area contributed by atoms with Gasteiger partial charge in [0.15, 0.2) is 0 Å². The molecule has 1 atom stereocenters. The van der Waals surface area contributed by atoms with E-state index in [1.165, 1.54) is 6.07 Å². The van der Waals surface area contributed by atoms with Gasteiger partial charge in [0.05, 0.1) is 17.8 Å². The monoisotopic (exact) mass is 483 g/mol. The maximum absolute atomic E-state index is 13.6. The quantitative estimate of drug-likeness (QED) is 0.266. The van der Waals surface area contributed by atoms with Gasteiger partial charge >= 0.3 is 6.18 Å². The first-order valence-electron chi connectivity index (χ1n) is 11.5. The van der Waals surface area contributed by atoms with Crippen LogP contribution in [0.3, 0.4) is 0 Å². The summed E-state index contributed by atoms with van der Waals surface area (Å²) in [7, 11) is 0. The van der Waals surface area contributed by atoms with Gasteiger partial charge in [-0.3, -0.25) is 0 Å². The lowest BCUT2D eigenvalue weighted by Gasteiger charge is -2.44. The molecular formula is C24H41ClF3NO3. The summed E-state index contributed by atoms with van der Waals surface area (Å²) in [4.78, 5) is 0. The zero-order chi connectivity index (χ0) is 23.5. The molecule has 1 aromatic carbocycles. The number of aryl methyl sites for hydroxylation is 1. The van der Waals surface area contributed by atoms with Crippen LogP contribution in [0.25, 0.3) is 0 Å². The van der Waals surface area contributed by atoms with Crippen LogP contribution in [0.1, 0.15) is 89.7 Å². The Balaban J connectivity index is 0.00000961. The third-order valence-electron chi connectivity index (χ3n) is 6.37. The second-order valence-electron chi connectivity index (χ2n) is 8.46. The van der Waals surface area contributed by atoms with Gasteiger partial charge in [0.2, 0.25) is 0 Å². The average Bonchev–Trinajstić information content (AvgIpc) is 2.74. The molecule has 0 aliphatic carbocycles. The van der Waals surface area contributed by atoms with Crippen molar-refractivity contribution in [1.82, 2.24) is 0 Å². The van der Waals surface area contributed by atoms with Gasteiger partial charge in [-0.25, -0.2) is 0 Å². The lowest BCUT2D eigenvalue weighted by atomic mass is 9.71. The summed E-state index contributed by atoms with van der Waals surface area (Å²) >= 11 is 0. The Kier molecular flexibility index (Phi) is 13.8. The van der Waals surface area contributed by atoms with Gasteiger partial charge in [-0.1, -0.05) is 52.5 Å². The van der Waals surface area contributed by atoms with E-state index in [-0.39, 0.29) is 50.6 Å². The maximum atomic E-state index is 13.6. The highest BCUT2D eigenvalue weighted by Gasteiger charge is 2.44. The highest BCUT2D eigenvalue weighted by atomic mass is 35.5. The molecule has 32 heavy (non-hydrogen) atoms. The molecule has 1 unspecified atom stereocenters. The minimum atomic E-state index is -4.52. The zero-order valence-corrected chi connectivity index (χ0v) is 20.5. The average molecular weight is 484 g/mol. The van der Waals surface area contributed by atoms with Crippen molar-refractivity contribution >= 4 is 12.4 Å². The van der Waals surface area contributed by atoms with Crippen LogP contribution in [0.5, 0.6) is 5.75 Å². The summed E-state index contributed by atoms with van der Waals surface area (Å²) in [5, 5.41) is 20.4. The van der Waals surface area contributed by atoms with Gasteiger partial charge in [-0.2, -0.15) is 13.2 Å². The molecule has 0 aromatic heterocycles. The van der Waals surface area contributed by atoms with Crippen LogP contribution < -0.4 is 10.5 Å². The van der Waals surface area contributed by atoms with Gasteiger partial charge in [-0.15, -0.1) is 12.4 Å². The summed E-state index contributed by atoms with van der Waals surface area (Å²) in [6.07, 6.45) is 1.93. The number of benzene rings is 1. The SMILES string of the molecule is CCCCCCCOc1ccc(CCC(N)(CCO)C(O)(CC)CC)cc1C(F)(F)F.Cl. The van der Waals surface area contributed by atoms with E-state index >= 15 is 0 Å². The minimum Gasteiger partial charge on any atom is -0.493 e. The molecule has 0 saturated heterocycles. The maximum Gasteiger partial charge on any atom is 0.419 e. The molecule has 0 spiro atoms. The van der Waals surface area contributed by atoms with Gasteiger partial charge in [0.25, 0.3) is 0 Å². The second-order valence-corrected chi connectivity index (χ2v) is 8.46. The normalized spacial score (nSPS) is 14.0. The van der Waals surface area contributed by atoms with Gasteiger partial charge in [0, 0.05) is 12.1 Å². The zero-order valence-electron chi connectivity index (χ0n) is 19.6. The Morgan fingerprint density at radius 1 is 0.969 bits per heavy atom. The molecular weight excluding hydrogens is 443 g/mol. The van der Waals surface area contributed by atoms with Crippen molar-refractivity contribution in [2.24, 2.45) is 5.73 Å². The van der Waals surface area contributed by atoms with Crippen molar-refractivity contribution < 1.29 is 28.1 Å². The smallest absolute Gasteiger partial charge is 0.419 e. The lowest BCUT2D eigenvalue weighted by Crippen LogP contribution is -2.60. The molecule has 8 heteroatoms. The number of unbranched alkanes of at least 4 members (excludes halogenated alkanes) is 4. The molecule has 0 fully saturated rings. The van der Waals surface area contributed by atoms with E-state index in [0.29, 0.717) is 18.4 Å². The number of alkyl halides is 3. The molecule has 0 aliphatic heterocycles. The Labute approximate surface area is 197 Å². The molecule has 0 heterocycles. The summed E-state index contributed by atoms with van der Waals surface area (Å²) in [5.41, 5.74) is 3.88. The first-order valence-corrected chi connectivity index (χ1v) is 11.5. The van der Waals surface area contributed by atoms with Gasteiger partial charge in [-0.05, 0) is 56.2 Å². The number of hydrogen-bond acceptors (Lipinski definition) is 4. The molecule has 0 amide bonds. The molecule has 0 radical (unpaired) electrons. The van der Waals surface area contributed by atoms with Crippen LogP contribution in [0.2, 0.25) is 0 Å². The lowest BCUT2D eigenvalue weighted by molar-refractivity contribution is -0.139. The molecule has 0 aliphatic rings. The molecule has 4 nitrogen and oxygen atoms in total. The predicted octanol–water partition coefficient (Wildman–Crippen LogP) is 6.04. The highest BCUT2D eigenvalue weighted by molar-refractivity contribution is 5.85. The van der Waals surface area contributed by atoms with E-state index < -0.39 is 22.9 Å². The van der Waals surface area contributed by atoms with E-state index in [4.69, 9.17) is 10.5 Å². The Morgan fingerprint density at radius 2 is 1.59 bits per heavy atom. The summed E-state index contributed by atoms with van der Waals surface area (Å²) in [6, 6.07) is 4.11. The highest BCUT2D eigenvalue weighted by Crippen LogP contribution is 2.38. The van der Waals surface area contributed by atoms with E-state index in [0.717, 1.165) is 38.2 Å². The van der Waals surface area contributed by atoms with Crippen LogP contribution >= 0.6 is 12.4 Å². The molecule has 4 N–H and O–H groups in total. The van der Waals surface area contributed by atoms with Crippen LogP contribution in [0.15, 0.2) is 18.2 Å². The van der Waals surface area contributed by atoms with Crippen molar-refractivity contribution in [3.05, 3.63) is 29.3 Å². The van der Waals surface area contributed by atoms with Crippen LogP contribution in [-0.4, -0.2) is 34.6 Å².